The van der Waals surface area contributed by atoms with Crippen LogP contribution in [-0.4, -0.2) is 41.1 Å². The molecule has 132 valence electrons. The van der Waals surface area contributed by atoms with E-state index >= 15 is 0 Å². The largest absolute Gasteiger partial charge is 0.467 e. The van der Waals surface area contributed by atoms with Crippen molar-refractivity contribution in [2.75, 3.05) is 7.11 Å². The number of nitrogens with zero attached hydrogens (tertiary/aromatic N) is 2. The Hall–Kier alpha value is -3.23. The monoisotopic (exact) mass is 346 g/mol. The highest BCUT2D eigenvalue weighted by atomic mass is 16.5. The van der Waals surface area contributed by atoms with Gasteiger partial charge in [-0.1, -0.05) is 35.5 Å². The highest BCUT2D eigenvalue weighted by Gasteiger charge is 2.22. The maximum atomic E-state index is 11.9. The molecule has 0 radical (unpaired) electrons. The Balaban J connectivity index is 1.85. The molecule has 1 aromatic heterocycles. The van der Waals surface area contributed by atoms with Crippen LogP contribution in [0.3, 0.4) is 0 Å². The zero-order valence-corrected chi connectivity index (χ0v) is 13.8. The second-order valence-corrected chi connectivity index (χ2v) is 5.17. The quantitative estimate of drug-likeness (QED) is 0.687. The second kappa shape index (κ2) is 8.57. The third-order valence-corrected chi connectivity index (χ3v) is 3.22. The van der Waals surface area contributed by atoms with Crippen molar-refractivity contribution in [1.29, 1.82) is 0 Å². The molecule has 0 aliphatic heterocycles. The minimum Gasteiger partial charge on any atom is -0.467 e. The van der Waals surface area contributed by atoms with Gasteiger partial charge in [0, 0.05) is 6.54 Å². The van der Waals surface area contributed by atoms with Crippen LogP contribution in [0.4, 0.5) is 0 Å². The highest BCUT2D eigenvalue weighted by Crippen LogP contribution is 2.01. The molecule has 0 spiro atoms. The van der Waals surface area contributed by atoms with E-state index < -0.39 is 17.9 Å². The van der Waals surface area contributed by atoms with E-state index in [2.05, 4.69) is 25.5 Å². The van der Waals surface area contributed by atoms with E-state index in [1.807, 2.05) is 30.3 Å². The Kier molecular flexibility index (Phi) is 6.21. The van der Waals surface area contributed by atoms with Crippen LogP contribution in [-0.2, 0) is 27.3 Å². The van der Waals surface area contributed by atoms with Crippen molar-refractivity contribution < 1.29 is 23.6 Å². The fourth-order valence-electron chi connectivity index (χ4n) is 1.91. The molecular formula is C16H18N4O5. The summed E-state index contributed by atoms with van der Waals surface area (Å²) in [5.74, 6) is -1.89. The molecule has 1 atom stereocenters. The molecular weight excluding hydrogens is 328 g/mol. The van der Waals surface area contributed by atoms with Crippen molar-refractivity contribution in [3.63, 3.8) is 0 Å². The smallest absolute Gasteiger partial charge is 0.328 e. The van der Waals surface area contributed by atoms with Gasteiger partial charge in [-0.25, -0.2) is 4.79 Å². The van der Waals surface area contributed by atoms with E-state index in [1.54, 1.807) is 0 Å². The van der Waals surface area contributed by atoms with Crippen LogP contribution >= 0.6 is 0 Å². The zero-order chi connectivity index (χ0) is 18.2. The van der Waals surface area contributed by atoms with Gasteiger partial charge in [-0.3, -0.25) is 9.59 Å². The van der Waals surface area contributed by atoms with Crippen LogP contribution in [0.25, 0.3) is 0 Å². The fraction of sp³-hybridized carbons (Fsp3) is 0.312. The molecule has 25 heavy (non-hydrogen) atoms. The molecule has 0 aliphatic rings. The van der Waals surface area contributed by atoms with Gasteiger partial charge < -0.3 is 19.9 Å². The van der Waals surface area contributed by atoms with Crippen LogP contribution in [0.15, 0.2) is 34.9 Å². The molecule has 9 nitrogen and oxygen atoms in total. The summed E-state index contributed by atoms with van der Waals surface area (Å²) >= 11 is 0. The number of hydrogen-bond donors (Lipinski definition) is 2. The number of ether oxygens (including phenoxy) is 1. The Morgan fingerprint density at radius 2 is 1.96 bits per heavy atom. The number of esters is 1. The minimum absolute atomic E-state index is 0.0708. The molecule has 0 saturated carbocycles. The predicted octanol–water partition coefficient (Wildman–Crippen LogP) is 0.220. The first-order valence-corrected chi connectivity index (χ1v) is 7.51. The van der Waals surface area contributed by atoms with E-state index in [0.717, 1.165) is 5.56 Å². The van der Waals surface area contributed by atoms with Gasteiger partial charge in [0.1, 0.15) is 6.04 Å². The van der Waals surface area contributed by atoms with E-state index in [1.165, 1.54) is 14.0 Å². The molecule has 9 heteroatoms. The predicted molar refractivity (Wildman–Crippen MR) is 85.2 cm³/mol. The van der Waals surface area contributed by atoms with Gasteiger partial charge in [-0.2, -0.15) is 4.98 Å². The summed E-state index contributed by atoms with van der Waals surface area (Å²) < 4.78 is 9.30. The first kappa shape index (κ1) is 18.1. The summed E-state index contributed by atoms with van der Waals surface area (Å²) in [4.78, 5) is 38.8. The maximum absolute atomic E-state index is 11.9. The van der Waals surface area contributed by atoms with Crippen molar-refractivity contribution >= 4 is 17.8 Å². The summed E-state index contributed by atoms with van der Waals surface area (Å²) in [5, 5.41) is 8.65. The number of benzene rings is 1. The standard InChI is InChI=1S/C16H18N4O5/c1-10(16(23)24-2)18-14(22)15-19-12(20-25-15)8-13(21)17-9-11-6-4-3-5-7-11/h3-7,10H,8-9H2,1-2H3,(H,17,21)(H,18,22)/t10-/m0/s1. The molecule has 2 N–H and O–H groups in total. The lowest BCUT2D eigenvalue weighted by Crippen LogP contribution is -2.39. The van der Waals surface area contributed by atoms with E-state index in [9.17, 15) is 14.4 Å². The molecule has 0 aliphatic carbocycles. The number of amides is 2. The van der Waals surface area contributed by atoms with Crippen LogP contribution in [0.2, 0.25) is 0 Å². The lowest BCUT2D eigenvalue weighted by molar-refractivity contribution is -0.142. The Morgan fingerprint density at radius 1 is 1.24 bits per heavy atom. The second-order valence-electron chi connectivity index (χ2n) is 5.17. The van der Waals surface area contributed by atoms with Gasteiger partial charge in [0.2, 0.25) is 5.91 Å². The van der Waals surface area contributed by atoms with Gasteiger partial charge in [-0.15, -0.1) is 0 Å². The number of aromatic nitrogens is 2. The lowest BCUT2D eigenvalue weighted by atomic mass is 10.2. The van der Waals surface area contributed by atoms with Crippen molar-refractivity contribution in [2.24, 2.45) is 0 Å². The van der Waals surface area contributed by atoms with Crippen molar-refractivity contribution in [3.8, 4) is 0 Å². The SMILES string of the molecule is COC(=O)[C@H](C)NC(=O)c1nc(CC(=O)NCc2ccccc2)no1. The average Bonchev–Trinajstić information content (AvgIpc) is 3.08. The summed E-state index contributed by atoms with van der Waals surface area (Å²) in [6.45, 7) is 1.83. The van der Waals surface area contributed by atoms with Crippen LogP contribution in [0, 0.1) is 0 Å². The number of nitrogens with one attached hydrogen (secondary N) is 2. The topological polar surface area (TPSA) is 123 Å². The van der Waals surface area contributed by atoms with Gasteiger partial charge in [0.15, 0.2) is 5.82 Å². The summed E-state index contributed by atoms with van der Waals surface area (Å²) in [6.07, 6.45) is -0.129. The van der Waals surface area contributed by atoms with Crippen LogP contribution in [0.5, 0.6) is 0 Å². The van der Waals surface area contributed by atoms with Crippen molar-refractivity contribution in [1.82, 2.24) is 20.8 Å². The average molecular weight is 346 g/mol. The number of methoxy groups -OCH3 is 1. The number of hydrogen-bond acceptors (Lipinski definition) is 7. The number of carbonyl (C=O) groups excluding carboxylic acids is 3. The third-order valence-electron chi connectivity index (χ3n) is 3.22. The summed E-state index contributed by atoms with van der Waals surface area (Å²) in [7, 11) is 1.21. The molecule has 1 aromatic carbocycles. The first-order chi connectivity index (χ1) is 12.0. The minimum atomic E-state index is -0.859. The van der Waals surface area contributed by atoms with Gasteiger partial charge in [0.25, 0.3) is 0 Å². The third kappa shape index (κ3) is 5.41. The molecule has 2 aromatic rings. The molecule has 1 heterocycles. The molecule has 0 bridgehead atoms. The fourth-order valence-corrected chi connectivity index (χ4v) is 1.91. The van der Waals surface area contributed by atoms with Crippen molar-refractivity contribution in [2.45, 2.75) is 25.9 Å². The highest BCUT2D eigenvalue weighted by molar-refractivity contribution is 5.92. The lowest BCUT2D eigenvalue weighted by Gasteiger charge is -2.08. The zero-order valence-electron chi connectivity index (χ0n) is 13.8. The van der Waals surface area contributed by atoms with E-state index in [-0.39, 0.29) is 24.0 Å². The normalized spacial score (nSPS) is 11.4. The van der Waals surface area contributed by atoms with Gasteiger partial charge >= 0.3 is 17.8 Å². The van der Waals surface area contributed by atoms with E-state index in [4.69, 9.17) is 4.52 Å². The van der Waals surface area contributed by atoms with E-state index in [0.29, 0.717) is 6.54 Å². The Bertz CT molecular complexity index is 744. The number of carbonyl (C=O) groups is 3. The Labute approximate surface area is 143 Å². The molecule has 2 rings (SSSR count). The number of rotatable bonds is 7. The molecule has 0 saturated heterocycles. The first-order valence-electron chi connectivity index (χ1n) is 7.51. The molecule has 2 amide bonds. The van der Waals surface area contributed by atoms with Gasteiger partial charge in [0.05, 0.1) is 13.5 Å². The van der Waals surface area contributed by atoms with Crippen LogP contribution in [0.1, 0.15) is 29.0 Å². The van der Waals surface area contributed by atoms with Gasteiger partial charge in [-0.05, 0) is 12.5 Å². The van der Waals surface area contributed by atoms with Crippen LogP contribution < -0.4 is 10.6 Å². The molecule has 0 unspecified atom stereocenters. The maximum Gasteiger partial charge on any atom is 0.328 e. The molecule has 0 fully saturated rings. The summed E-state index contributed by atoms with van der Waals surface area (Å²) in [6, 6.07) is 8.56. The Morgan fingerprint density at radius 3 is 2.64 bits per heavy atom. The summed E-state index contributed by atoms with van der Waals surface area (Å²) in [5.41, 5.74) is 0.959. The van der Waals surface area contributed by atoms with Crippen molar-refractivity contribution in [3.05, 3.63) is 47.6 Å².